The highest BCUT2D eigenvalue weighted by atomic mass is 35.5. The first-order chi connectivity index (χ1) is 10.6. The molecule has 2 aromatic rings. The number of hydrogen-bond donors (Lipinski definition) is 2. The lowest BCUT2D eigenvalue weighted by Gasteiger charge is -2.19. The van der Waals surface area contributed by atoms with Crippen LogP contribution in [0.4, 0.5) is 5.69 Å². The lowest BCUT2D eigenvalue weighted by Crippen LogP contribution is -2.35. The number of carbonyl (C=O) groups is 1. The van der Waals surface area contributed by atoms with Crippen molar-refractivity contribution >= 4 is 23.2 Å². The summed E-state index contributed by atoms with van der Waals surface area (Å²) in [6, 6.07) is 5.15. The van der Waals surface area contributed by atoms with Crippen molar-refractivity contribution < 1.29 is 9.90 Å². The minimum Gasteiger partial charge on any atom is -0.395 e. The fourth-order valence-corrected chi connectivity index (χ4v) is 2.20. The van der Waals surface area contributed by atoms with Gasteiger partial charge in [-0.1, -0.05) is 18.5 Å². The van der Waals surface area contributed by atoms with Crippen LogP contribution in [0.3, 0.4) is 0 Å². The van der Waals surface area contributed by atoms with E-state index >= 15 is 0 Å². The monoisotopic (exact) mass is 323 g/mol. The molecule has 22 heavy (non-hydrogen) atoms. The molecule has 0 radical (unpaired) electrons. The van der Waals surface area contributed by atoms with Gasteiger partial charge in [-0.2, -0.15) is 5.10 Å². The predicted octanol–water partition coefficient (Wildman–Crippen LogP) is 1.17. The maximum atomic E-state index is 12.2. The molecule has 2 rings (SSSR count). The highest BCUT2D eigenvalue weighted by molar-refractivity contribution is 6.31. The van der Waals surface area contributed by atoms with Gasteiger partial charge in [-0.15, -0.1) is 0 Å². The number of rotatable bonds is 7. The molecule has 1 heterocycles. The second kappa shape index (κ2) is 7.88. The van der Waals surface area contributed by atoms with Crippen molar-refractivity contribution in [1.29, 1.82) is 0 Å². The Bertz CT molecular complexity index is 618. The van der Waals surface area contributed by atoms with Gasteiger partial charge in [-0.3, -0.25) is 9.69 Å². The molecule has 0 atom stereocenters. The summed E-state index contributed by atoms with van der Waals surface area (Å²) in [5, 5.41) is 16.4. The number of amides is 1. The third kappa shape index (κ3) is 4.27. The standard InChI is InChI=1S/C14H18ClN5O2/c1-2-19(5-6-21)8-14(22)18-12-7-11(15)3-4-13(12)20-10-16-9-17-20/h3-4,7,9-10,21H,2,5-6,8H2,1H3,(H,18,22). The van der Waals surface area contributed by atoms with E-state index in [-0.39, 0.29) is 19.1 Å². The Kier molecular flexibility index (Phi) is 5.88. The van der Waals surface area contributed by atoms with Crippen LogP contribution in [0.2, 0.25) is 5.02 Å². The molecule has 0 bridgehead atoms. The molecule has 1 aromatic heterocycles. The molecule has 0 aliphatic rings. The zero-order chi connectivity index (χ0) is 15.9. The zero-order valence-corrected chi connectivity index (χ0v) is 13.0. The van der Waals surface area contributed by atoms with Crippen molar-refractivity contribution in [3.8, 4) is 5.69 Å². The van der Waals surface area contributed by atoms with Crippen LogP contribution < -0.4 is 5.32 Å². The second-order valence-electron chi connectivity index (χ2n) is 4.64. The Hall–Kier alpha value is -1.96. The third-order valence-electron chi connectivity index (χ3n) is 3.13. The summed E-state index contributed by atoms with van der Waals surface area (Å²) in [6.45, 7) is 3.28. The van der Waals surface area contributed by atoms with Crippen molar-refractivity contribution in [2.45, 2.75) is 6.92 Å². The van der Waals surface area contributed by atoms with Crippen LogP contribution in [0.1, 0.15) is 6.92 Å². The van der Waals surface area contributed by atoms with Gasteiger partial charge in [0, 0.05) is 11.6 Å². The SMILES string of the molecule is CCN(CCO)CC(=O)Nc1cc(Cl)ccc1-n1cncn1. The lowest BCUT2D eigenvalue weighted by atomic mass is 10.2. The molecule has 2 N–H and O–H groups in total. The summed E-state index contributed by atoms with van der Waals surface area (Å²) in [6.07, 6.45) is 2.96. The van der Waals surface area contributed by atoms with E-state index < -0.39 is 0 Å². The molecule has 0 saturated heterocycles. The minimum absolute atomic E-state index is 0.0164. The first kappa shape index (κ1) is 16.4. The number of anilines is 1. The quantitative estimate of drug-likeness (QED) is 0.799. The van der Waals surface area contributed by atoms with E-state index in [1.807, 2.05) is 11.8 Å². The summed E-state index contributed by atoms with van der Waals surface area (Å²) < 4.78 is 1.55. The highest BCUT2D eigenvalue weighted by Crippen LogP contribution is 2.23. The fourth-order valence-electron chi connectivity index (χ4n) is 2.02. The number of aliphatic hydroxyl groups is 1. The maximum absolute atomic E-state index is 12.2. The van der Waals surface area contributed by atoms with E-state index in [2.05, 4.69) is 15.4 Å². The van der Waals surface area contributed by atoms with E-state index in [1.165, 1.54) is 6.33 Å². The average molecular weight is 324 g/mol. The molecule has 0 aliphatic carbocycles. The first-order valence-corrected chi connectivity index (χ1v) is 7.29. The van der Waals surface area contributed by atoms with Crippen LogP contribution in [-0.4, -0.2) is 56.9 Å². The Morgan fingerprint density at radius 3 is 2.95 bits per heavy atom. The van der Waals surface area contributed by atoms with Crippen LogP contribution in [0.15, 0.2) is 30.9 Å². The number of nitrogens with zero attached hydrogens (tertiary/aromatic N) is 4. The number of halogens is 1. The van der Waals surface area contributed by atoms with Crippen LogP contribution in [0, 0.1) is 0 Å². The van der Waals surface area contributed by atoms with Gasteiger partial charge in [-0.25, -0.2) is 9.67 Å². The smallest absolute Gasteiger partial charge is 0.238 e. The molecular formula is C14H18ClN5O2. The number of benzene rings is 1. The van der Waals surface area contributed by atoms with Gasteiger partial charge >= 0.3 is 0 Å². The molecule has 0 spiro atoms. The summed E-state index contributed by atoms with van der Waals surface area (Å²) in [5.74, 6) is -0.182. The fraction of sp³-hybridized carbons (Fsp3) is 0.357. The molecular weight excluding hydrogens is 306 g/mol. The Morgan fingerprint density at radius 2 is 2.32 bits per heavy atom. The van der Waals surface area contributed by atoms with Crippen molar-refractivity contribution in [2.24, 2.45) is 0 Å². The second-order valence-corrected chi connectivity index (χ2v) is 5.08. The van der Waals surface area contributed by atoms with Gasteiger partial charge in [0.25, 0.3) is 0 Å². The molecule has 7 nitrogen and oxygen atoms in total. The normalized spacial score (nSPS) is 10.9. The summed E-state index contributed by atoms with van der Waals surface area (Å²) in [7, 11) is 0. The number of aliphatic hydroxyl groups excluding tert-OH is 1. The van der Waals surface area contributed by atoms with E-state index in [0.717, 1.165) is 0 Å². The van der Waals surface area contributed by atoms with Crippen LogP contribution in [-0.2, 0) is 4.79 Å². The molecule has 1 amide bonds. The van der Waals surface area contributed by atoms with E-state index in [1.54, 1.807) is 29.2 Å². The third-order valence-corrected chi connectivity index (χ3v) is 3.36. The number of aromatic nitrogens is 3. The van der Waals surface area contributed by atoms with E-state index in [0.29, 0.717) is 29.5 Å². The Morgan fingerprint density at radius 1 is 1.50 bits per heavy atom. The van der Waals surface area contributed by atoms with Crippen LogP contribution in [0.5, 0.6) is 0 Å². The topological polar surface area (TPSA) is 83.3 Å². The molecule has 0 unspecified atom stereocenters. The molecule has 118 valence electrons. The molecule has 0 saturated carbocycles. The number of likely N-dealkylation sites (N-methyl/N-ethyl adjacent to an activating group) is 1. The molecule has 0 fully saturated rings. The van der Waals surface area contributed by atoms with Gasteiger partial charge in [0.05, 0.1) is 24.5 Å². The van der Waals surface area contributed by atoms with Crippen LogP contribution >= 0.6 is 11.6 Å². The average Bonchev–Trinajstić information content (AvgIpc) is 3.01. The highest BCUT2D eigenvalue weighted by Gasteiger charge is 2.12. The largest absolute Gasteiger partial charge is 0.395 e. The molecule has 0 aliphatic heterocycles. The lowest BCUT2D eigenvalue weighted by molar-refractivity contribution is -0.117. The summed E-state index contributed by atoms with van der Waals surface area (Å²) >= 11 is 6.00. The molecule has 8 heteroatoms. The summed E-state index contributed by atoms with van der Waals surface area (Å²) in [5.41, 5.74) is 1.24. The van der Waals surface area contributed by atoms with E-state index in [4.69, 9.17) is 16.7 Å². The minimum atomic E-state index is -0.182. The number of nitrogens with one attached hydrogen (secondary N) is 1. The van der Waals surface area contributed by atoms with Crippen molar-refractivity contribution in [3.63, 3.8) is 0 Å². The van der Waals surface area contributed by atoms with Crippen molar-refractivity contribution in [2.75, 3.05) is 31.6 Å². The van der Waals surface area contributed by atoms with Crippen molar-refractivity contribution in [3.05, 3.63) is 35.9 Å². The van der Waals surface area contributed by atoms with Gasteiger partial charge in [0.15, 0.2) is 0 Å². The van der Waals surface area contributed by atoms with Gasteiger partial charge in [0.2, 0.25) is 5.91 Å². The Balaban J connectivity index is 2.15. The number of carbonyl (C=O) groups excluding carboxylic acids is 1. The van der Waals surface area contributed by atoms with Gasteiger partial charge in [-0.05, 0) is 24.7 Å². The summed E-state index contributed by atoms with van der Waals surface area (Å²) in [4.78, 5) is 17.9. The molecule has 1 aromatic carbocycles. The zero-order valence-electron chi connectivity index (χ0n) is 12.2. The number of hydrogen-bond acceptors (Lipinski definition) is 5. The first-order valence-electron chi connectivity index (χ1n) is 6.91. The van der Waals surface area contributed by atoms with Crippen LogP contribution in [0.25, 0.3) is 5.69 Å². The maximum Gasteiger partial charge on any atom is 0.238 e. The van der Waals surface area contributed by atoms with Gasteiger partial charge < -0.3 is 10.4 Å². The van der Waals surface area contributed by atoms with Gasteiger partial charge in [0.1, 0.15) is 12.7 Å². The Labute approximate surface area is 133 Å². The van der Waals surface area contributed by atoms with E-state index in [9.17, 15) is 4.79 Å². The van der Waals surface area contributed by atoms with Crippen molar-refractivity contribution in [1.82, 2.24) is 19.7 Å². The predicted molar refractivity (Wildman–Crippen MR) is 84.2 cm³/mol.